The second kappa shape index (κ2) is 6.89. The minimum Gasteiger partial charge on any atom is -0.454 e. The molecule has 3 amide bonds. The highest BCUT2D eigenvalue weighted by Gasteiger charge is 2.59. The molecule has 1 aromatic rings. The van der Waals surface area contributed by atoms with E-state index in [0.29, 0.717) is 5.69 Å². The number of anilines is 1. The Balaban J connectivity index is 1.29. The van der Waals surface area contributed by atoms with Crippen LogP contribution in [0.4, 0.5) is 5.69 Å². The molecule has 7 nitrogen and oxygen atoms in total. The standard InChI is InChI=1S/C21H22N2O5/c1-11-3-6-15(7-12(11)2)22-16(24)10-28-17(25)9-23-20(26)18-13-4-5-14(8-13)19(18)21(23)27/h3-7,13-14,18-19H,8-10H2,1-2H3,(H,22,24)/t13-,14-,18-,19+/m0/s1. The zero-order chi connectivity index (χ0) is 20.0. The Morgan fingerprint density at radius 3 is 2.32 bits per heavy atom. The van der Waals surface area contributed by atoms with Crippen molar-refractivity contribution in [1.82, 2.24) is 4.90 Å². The summed E-state index contributed by atoms with van der Waals surface area (Å²) in [4.78, 5) is 50.2. The first-order valence-corrected chi connectivity index (χ1v) is 9.41. The van der Waals surface area contributed by atoms with Crippen molar-refractivity contribution < 1.29 is 23.9 Å². The quantitative estimate of drug-likeness (QED) is 0.474. The highest BCUT2D eigenvalue weighted by Crippen LogP contribution is 2.52. The number of esters is 1. The van der Waals surface area contributed by atoms with Crippen molar-refractivity contribution in [2.75, 3.05) is 18.5 Å². The number of amides is 3. The summed E-state index contributed by atoms with van der Waals surface area (Å²) in [6.45, 7) is 2.99. The van der Waals surface area contributed by atoms with E-state index in [-0.39, 0.29) is 35.5 Å². The number of carbonyl (C=O) groups is 4. The van der Waals surface area contributed by atoms with E-state index in [1.165, 1.54) is 0 Å². The molecule has 146 valence electrons. The molecule has 4 rings (SSSR count). The van der Waals surface area contributed by atoms with Crippen molar-refractivity contribution in [3.8, 4) is 0 Å². The Morgan fingerprint density at radius 1 is 1.07 bits per heavy atom. The number of carbonyl (C=O) groups excluding carboxylic acids is 4. The van der Waals surface area contributed by atoms with E-state index in [9.17, 15) is 19.2 Å². The Hall–Kier alpha value is -2.96. The minimum atomic E-state index is -0.766. The molecule has 28 heavy (non-hydrogen) atoms. The molecular weight excluding hydrogens is 360 g/mol. The van der Waals surface area contributed by atoms with Gasteiger partial charge in [0.15, 0.2) is 6.61 Å². The molecule has 0 radical (unpaired) electrons. The lowest BCUT2D eigenvalue weighted by atomic mass is 9.85. The first-order valence-electron chi connectivity index (χ1n) is 9.41. The Labute approximate surface area is 162 Å². The fraction of sp³-hybridized carbons (Fsp3) is 0.429. The normalized spacial score (nSPS) is 27.3. The van der Waals surface area contributed by atoms with Crippen LogP contribution in [0.25, 0.3) is 0 Å². The zero-order valence-corrected chi connectivity index (χ0v) is 15.8. The second-order valence-corrected chi connectivity index (χ2v) is 7.77. The molecule has 2 bridgehead atoms. The maximum atomic E-state index is 12.5. The van der Waals surface area contributed by atoms with E-state index >= 15 is 0 Å². The van der Waals surface area contributed by atoms with Gasteiger partial charge in [0.05, 0.1) is 11.8 Å². The molecule has 1 saturated carbocycles. The smallest absolute Gasteiger partial charge is 0.326 e. The van der Waals surface area contributed by atoms with Crippen molar-refractivity contribution >= 4 is 29.4 Å². The maximum absolute atomic E-state index is 12.5. The highest BCUT2D eigenvalue weighted by atomic mass is 16.5. The van der Waals surface area contributed by atoms with Crippen molar-refractivity contribution in [3.05, 3.63) is 41.5 Å². The van der Waals surface area contributed by atoms with E-state index in [1.807, 2.05) is 38.1 Å². The molecule has 1 heterocycles. The average molecular weight is 382 g/mol. The summed E-state index contributed by atoms with van der Waals surface area (Å²) in [5, 5.41) is 2.66. The monoisotopic (exact) mass is 382 g/mol. The van der Waals surface area contributed by atoms with Crippen LogP contribution in [0.5, 0.6) is 0 Å². The summed E-state index contributed by atoms with van der Waals surface area (Å²) in [6.07, 6.45) is 4.83. The fourth-order valence-corrected chi connectivity index (χ4v) is 4.46. The number of fused-ring (bicyclic) bond motifs is 5. The van der Waals surface area contributed by atoms with E-state index < -0.39 is 25.0 Å². The largest absolute Gasteiger partial charge is 0.454 e. The number of nitrogens with zero attached hydrogens (tertiary/aromatic N) is 1. The SMILES string of the molecule is Cc1ccc(NC(=O)COC(=O)CN2C(=O)[C@@H]3[C@H](C2=O)[C@H]2C=C[C@H]3C2)cc1C. The molecule has 1 aliphatic heterocycles. The van der Waals surface area contributed by atoms with Crippen LogP contribution in [0.1, 0.15) is 17.5 Å². The van der Waals surface area contributed by atoms with Crippen LogP contribution in [-0.2, 0) is 23.9 Å². The Kier molecular flexibility index (Phi) is 4.53. The molecule has 0 unspecified atom stereocenters. The minimum absolute atomic E-state index is 0.0937. The third kappa shape index (κ3) is 3.10. The number of rotatable bonds is 5. The van der Waals surface area contributed by atoms with Gasteiger partial charge in [-0.3, -0.25) is 24.1 Å². The van der Waals surface area contributed by atoms with Crippen molar-refractivity contribution in [3.63, 3.8) is 0 Å². The van der Waals surface area contributed by atoms with Crippen LogP contribution in [0, 0.1) is 37.5 Å². The van der Waals surface area contributed by atoms with Crippen LogP contribution in [0.15, 0.2) is 30.4 Å². The molecule has 7 heteroatoms. The maximum Gasteiger partial charge on any atom is 0.326 e. The first kappa shape index (κ1) is 18.4. The summed E-state index contributed by atoms with van der Waals surface area (Å²) in [7, 11) is 0. The molecule has 1 N–H and O–H groups in total. The molecular formula is C21H22N2O5. The molecule has 0 aromatic heterocycles. The number of hydrogen-bond acceptors (Lipinski definition) is 5. The van der Waals surface area contributed by atoms with E-state index in [1.54, 1.807) is 6.07 Å². The number of allylic oxidation sites excluding steroid dienone is 2. The van der Waals surface area contributed by atoms with Crippen LogP contribution < -0.4 is 5.32 Å². The predicted octanol–water partition coefficient (Wildman–Crippen LogP) is 1.59. The van der Waals surface area contributed by atoms with Gasteiger partial charge in [0, 0.05) is 5.69 Å². The van der Waals surface area contributed by atoms with Gasteiger partial charge in [-0.05, 0) is 55.4 Å². The van der Waals surface area contributed by atoms with Gasteiger partial charge < -0.3 is 10.1 Å². The summed E-state index contributed by atoms with van der Waals surface area (Å²) in [5.74, 6) is -2.35. The van der Waals surface area contributed by atoms with Gasteiger partial charge in [0.1, 0.15) is 6.54 Å². The summed E-state index contributed by atoms with van der Waals surface area (Å²) in [6, 6.07) is 5.49. The summed E-state index contributed by atoms with van der Waals surface area (Å²) in [5.41, 5.74) is 2.76. The Bertz CT molecular complexity index is 876. The van der Waals surface area contributed by atoms with Gasteiger partial charge in [-0.25, -0.2) is 0 Å². The van der Waals surface area contributed by atoms with E-state index in [2.05, 4.69) is 5.32 Å². The van der Waals surface area contributed by atoms with Crippen LogP contribution >= 0.6 is 0 Å². The third-order valence-corrected chi connectivity index (χ3v) is 6.00. The molecule has 0 spiro atoms. The molecule has 1 aromatic carbocycles. The van der Waals surface area contributed by atoms with Gasteiger partial charge in [-0.1, -0.05) is 18.2 Å². The zero-order valence-electron chi connectivity index (χ0n) is 15.8. The molecule has 2 fully saturated rings. The number of ether oxygens (including phenoxy) is 1. The molecule has 3 aliphatic rings. The van der Waals surface area contributed by atoms with Gasteiger partial charge in [-0.15, -0.1) is 0 Å². The third-order valence-electron chi connectivity index (χ3n) is 6.00. The van der Waals surface area contributed by atoms with Crippen LogP contribution in [0.2, 0.25) is 0 Å². The lowest BCUT2D eigenvalue weighted by molar-refractivity contribution is -0.154. The first-order chi connectivity index (χ1) is 13.3. The number of nitrogens with one attached hydrogen (secondary N) is 1. The van der Waals surface area contributed by atoms with Crippen molar-refractivity contribution in [2.24, 2.45) is 23.7 Å². The molecule has 2 aliphatic carbocycles. The van der Waals surface area contributed by atoms with Gasteiger partial charge >= 0.3 is 5.97 Å². The number of likely N-dealkylation sites (tertiary alicyclic amines) is 1. The number of imide groups is 1. The topological polar surface area (TPSA) is 92.8 Å². The highest BCUT2D eigenvalue weighted by molar-refractivity contribution is 6.08. The Morgan fingerprint density at radius 2 is 1.71 bits per heavy atom. The molecule has 4 atom stereocenters. The number of benzene rings is 1. The lowest BCUT2D eigenvalue weighted by Crippen LogP contribution is -2.38. The van der Waals surface area contributed by atoms with Crippen LogP contribution in [0.3, 0.4) is 0 Å². The van der Waals surface area contributed by atoms with Crippen LogP contribution in [-0.4, -0.2) is 41.7 Å². The predicted molar refractivity (Wildman–Crippen MR) is 99.9 cm³/mol. The number of hydrogen-bond donors (Lipinski definition) is 1. The van der Waals surface area contributed by atoms with Gasteiger partial charge in [-0.2, -0.15) is 0 Å². The second-order valence-electron chi connectivity index (χ2n) is 7.77. The molecule has 1 saturated heterocycles. The number of aryl methyl sites for hydroxylation is 2. The van der Waals surface area contributed by atoms with Gasteiger partial charge in [0.25, 0.3) is 5.91 Å². The summed E-state index contributed by atoms with van der Waals surface area (Å²) >= 11 is 0. The average Bonchev–Trinajstić information content (AvgIpc) is 3.33. The summed E-state index contributed by atoms with van der Waals surface area (Å²) < 4.78 is 4.97. The van der Waals surface area contributed by atoms with Crippen molar-refractivity contribution in [1.29, 1.82) is 0 Å². The van der Waals surface area contributed by atoms with Gasteiger partial charge in [0.2, 0.25) is 11.8 Å². The van der Waals surface area contributed by atoms with E-state index in [0.717, 1.165) is 22.4 Å². The van der Waals surface area contributed by atoms with Crippen molar-refractivity contribution in [2.45, 2.75) is 20.3 Å². The van der Waals surface area contributed by atoms with E-state index in [4.69, 9.17) is 4.74 Å². The fourth-order valence-electron chi connectivity index (χ4n) is 4.46. The lowest BCUT2D eigenvalue weighted by Gasteiger charge is -2.16.